The molecule has 0 aromatic heterocycles. The normalized spacial score (nSPS) is 24.0. The number of carbonyl (C=O) groups excluding carboxylic acids is 1. The van der Waals surface area contributed by atoms with Crippen LogP contribution in [0.2, 0.25) is 5.02 Å². The first-order valence-corrected chi connectivity index (χ1v) is 8.75. The Morgan fingerprint density at radius 1 is 1.30 bits per heavy atom. The standard InChI is InChI=1S/C18H26ClNO3/c1-3-23-18(22)14-6-10-16(11-7-14)20-12(2)17(21)13-4-8-15(19)9-5-13/h4-5,8-9,12,14,16-17,20-21H,3,6-7,10-11H2,1-2H3. The number of hydrogen-bond acceptors (Lipinski definition) is 4. The molecule has 0 radical (unpaired) electrons. The zero-order valence-corrected chi connectivity index (χ0v) is 14.6. The highest BCUT2D eigenvalue weighted by Gasteiger charge is 2.29. The molecule has 4 nitrogen and oxygen atoms in total. The predicted molar refractivity (Wildman–Crippen MR) is 91.4 cm³/mol. The van der Waals surface area contributed by atoms with Gasteiger partial charge in [0, 0.05) is 17.1 Å². The van der Waals surface area contributed by atoms with E-state index >= 15 is 0 Å². The van der Waals surface area contributed by atoms with Gasteiger partial charge >= 0.3 is 5.97 Å². The van der Waals surface area contributed by atoms with Crippen molar-refractivity contribution in [3.05, 3.63) is 34.9 Å². The van der Waals surface area contributed by atoms with E-state index in [2.05, 4.69) is 5.32 Å². The number of nitrogens with one attached hydrogen (secondary N) is 1. The third kappa shape index (κ3) is 5.20. The van der Waals surface area contributed by atoms with Crippen LogP contribution in [0.15, 0.2) is 24.3 Å². The van der Waals surface area contributed by atoms with Crippen molar-refractivity contribution in [3.63, 3.8) is 0 Å². The van der Waals surface area contributed by atoms with Gasteiger partial charge in [-0.15, -0.1) is 0 Å². The molecule has 2 unspecified atom stereocenters. The van der Waals surface area contributed by atoms with Crippen LogP contribution in [-0.4, -0.2) is 29.8 Å². The topological polar surface area (TPSA) is 58.6 Å². The van der Waals surface area contributed by atoms with Crippen molar-refractivity contribution in [2.24, 2.45) is 5.92 Å². The van der Waals surface area contributed by atoms with Gasteiger partial charge in [0.25, 0.3) is 0 Å². The van der Waals surface area contributed by atoms with E-state index in [1.165, 1.54) is 0 Å². The Morgan fingerprint density at radius 2 is 1.91 bits per heavy atom. The molecule has 23 heavy (non-hydrogen) atoms. The van der Waals surface area contributed by atoms with E-state index in [0.29, 0.717) is 17.7 Å². The number of aliphatic hydroxyl groups excluding tert-OH is 1. The van der Waals surface area contributed by atoms with Gasteiger partial charge in [0.1, 0.15) is 0 Å². The number of halogens is 1. The Balaban J connectivity index is 1.81. The van der Waals surface area contributed by atoms with Crippen LogP contribution in [0.25, 0.3) is 0 Å². The van der Waals surface area contributed by atoms with E-state index in [1.54, 1.807) is 12.1 Å². The molecule has 2 rings (SSSR count). The second kappa shape index (κ2) is 8.67. The maximum Gasteiger partial charge on any atom is 0.308 e. The van der Waals surface area contributed by atoms with Crippen LogP contribution >= 0.6 is 11.6 Å². The van der Waals surface area contributed by atoms with Gasteiger partial charge in [0.15, 0.2) is 0 Å². The molecular formula is C18H26ClNO3. The van der Waals surface area contributed by atoms with Gasteiger partial charge in [0.05, 0.1) is 18.6 Å². The monoisotopic (exact) mass is 339 g/mol. The zero-order chi connectivity index (χ0) is 16.8. The minimum Gasteiger partial charge on any atom is -0.466 e. The van der Waals surface area contributed by atoms with Crippen molar-refractivity contribution in [3.8, 4) is 0 Å². The molecule has 0 aliphatic heterocycles. The number of carbonyl (C=O) groups is 1. The molecule has 1 saturated carbocycles. The molecular weight excluding hydrogens is 314 g/mol. The smallest absolute Gasteiger partial charge is 0.308 e. The van der Waals surface area contributed by atoms with Crippen molar-refractivity contribution in [1.29, 1.82) is 0 Å². The molecule has 2 atom stereocenters. The Morgan fingerprint density at radius 3 is 2.48 bits per heavy atom. The van der Waals surface area contributed by atoms with Crippen LogP contribution in [0.4, 0.5) is 0 Å². The summed E-state index contributed by atoms with van der Waals surface area (Å²) in [4.78, 5) is 11.8. The third-order valence-corrected chi connectivity index (χ3v) is 4.78. The predicted octanol–water partition coefficient (Wildman–Crippen LogP) is 3.47. The highest BCUT2D eigenvalue weighted by Crippen LogP contribution is 2.27. The van der Waals surface area contributed by atoms with Gasteiger partial charge in [0.2, 0.25) is 0 Å². The number of ether oxygens (including phenoxy) is 1. The number of hydrogen-bond donors (Lipinski definition) is 2. The first-order chi connectivity index (χ1) is 11.0. The molecule has 0 spiro atoms. The van der Waals surface area contributed by atoms with Crippen LogP contribution in [0.3, 0.4) is 0 Å². The number of benzene rings is 1. The summed E-state index contributed by atoms with van der Waals surface area (Å²) >= 11 is 5.88. The van der Waals surface area contributed by atoms with Gasteiger partial charge in [-0.25, -0.2) is 0 Å². The van der Waals surface area contributed by atoms with Crippen molar-refractivity contribution in [1.82, 2.24) is 5.32 Å². The first kappa shape index (κ1) is 18.2. The van der Waals surface area contributed by atoms with E-state index in [1.807, 2.05) is 26.0 Å². The van der Waals surface area contributed by atoms with Crippen LogP contribution in [0.5, 0.6) is 0 Å². The molecule has 128 valence electrons. The lowest BCUT2D eigenvalue weighted by molar-refractivity contribution is -0.149. The van der Waals surface area contributed by atoms with Gasteiger partial charge in [-0.2, -0.15) is 0 Å². The third-order valence-electron chi connectivity index (χ3n) is 4.53. The summed E-state index contributed by atoms with van der Waals surface area (Å²) < 4.78 is 5.09. The molecule has 1 aliphatic carbocycles. The average molecular weight is 340 g/mol. The van der Waals surface area contributed by atoms with Crippen LogP contribution < -0.4 is 5.32 Å². The van der Waals surface area contributed by atoms with Gasteiger partial charge in [-0.3, -0.25) is 4.79 Å². The Kier molecular flexibility index (Phi) is 6.88. The fourth-order valence-electron chi connectivity index (χ4n) is 3.17. The van der Waals surface area contributed by atoms with Crippen LogP contribution in [-0.2, 0) is 9.53 Å². The summed E-state index contributed by atoms with van der Waals surface area (Å²) in [5.74, 6) is -0.0373. The maximum atomic E-state index is 11.8. The molecule has 0 bridgehead atoms. The van der Waals surface area contributed by atoms with E-state index in [0.717, 1.165) is 31.2 Å². The lowest BCUT2D eigenvalue weighted by atomic mass is 9.85. The summed E-state index contributed by atoms with van der Waals surface area (Å²) in [6.07, 6.45) is 2.98. The summed E-state index contributed by atoms with van der Waals surface area (Å²) in [5, 5.41) is 14.6. The molecule has 1 aliphatic rings. The molecule has 1 aromatic carbocycles. The molecule has 0 saturated heterocycles. The fraction of sp³-hybridized carbons (Fsp3) is 0.611. The Hall–Kier alpha value is -1.10. The SMILES string of the molecule is CCOC(=O)C1CCC(NC(C)C(O)c2ccc(Cl)cc2)CC1. The fourth-order valence-corrected chi connectivity index (χ4v) is 3.29. The molecule has 1 fully saturated rings. The van der Waals surface area contributed by atoms with Gasteiger partial charge in [-0.1, -0.05) is 23.7 Å². The average Bonchev–Trinajstić information content (AvgIpc) is 2.55. The largest absolute Gasteiger partial charge is 0.466 e. The molecule has 1 aromatic rings. The zero-order valence-electron chi connectivity index (χ0n) is 13.8. The van der Waals surface area contributed by atoms with Crippen molar-refractivity contribution in [2.75, 3.05) is 6.61 Å². The second-order valence-electron chi connectivity index (χ2n) is 6.25. The quantitative estimate of drug-likeness (QED) is 0.779. The molecule has 0 amide bonds. The number of esters is 1. The van der Waals surface area contributed by atoms with Crippen molar-refractivity contribution in [2.45, 2.75) is 57.7 Å². The Labute approximate surface area is 143 Å². The summed E-state index contributed by atoms with van der Waals surface area (Å²) in [7, 11) is 0. The van der Waals surface area contributed by atoms with E-state index in [9.17, 15) is 9.90 Å². The lowest BCUT2D eigenvalue weighted by Crippen LogP contribution is -2.42. The highest BCUT2D eigenvalue weighted by molar-refractivity contribution is 6.30. The van der Waals surface area contributed by atoms with Crippen molar-refractivity contribution < 1.29 is 14.6 Å². The van der Waals surface area contributed by atoms with Crippen molar-refractivity contribution >= 4 is 17.6 Å². The van der Waals surface area contributed by atoms with Gasteiger partial charge < -0.3 is 15.2 Å². The number of aliphatic hydroxyl groups is 1. The van der Waals surface area contributed by atoms with Crippen LogP contribution in [0, 0.1) is 5.92 Å². The van der Waals surface area contributed by atoms with Gasteiger partial charge in [-0.05, 0) is 57.2 Å². The first-order valence-electron chi connectivity index (χ1n) is 8.37. The lowest BCUT2D eigenvalue weighted by Gasteiger charge is -2.32. The second-order valence-corrected chi connectivity index (χ2v) is 6.69. The molecule has 5 heteroatoms. The maximum absolute atomic E-state index is 11.8. The summed E-state index contributed by atoms with van der Waals surface area (Å²) in [5.41, 5.74) is 0.856. The Bertz CT molecular complexity index is 497. The highest BCUT2D eigenvalue weighted by atomic mass is 35.5. The summed E-state index contributed by atoms with van der Waals surface area (Å²) in [6, 6.07) is 7.55. The molecule has 2 N–H and O–H groups in total. The van der Waals surface area contributed by atoms with E-state index in [4.69, 9.17) is 16.3 Å². The number of rotatable bonds is 6. The summed E-state index contributed by atoms with van der Waals surface area (Å²) in [6.45, 7) is 4.27. The van der Waals surface area contributed by atoms with E-state index in [-0.39, 0.29) is 17.9 Å². The minimum absolute atomic E-state index is 0.0319. The van der Waals surface area contributed by atoms with Crippen LogP contribution in [0.1, 0.15) is 51.2 Å². The van der Waals surface area contributed by atoms with E-state index < -0.39 is 6.10 Å². The molecule has 0 heterocycles. The minimum atomic E-state index is -0.574.